The average molecular weight is 200 g/mol. The zero-order chi connectivity index (χ0) is 9.90. The Morgan fingerprint density at radius 3 is 2.23 bits per heavy atom. The summed E-state index contributed by atoms with van der Waals surface area (Å²) in [6, 6.07) is 8.45. The molecule has 0 saturated heterocycles. The predicted molar refractivity (Wildman–Crippen MR) is 49.1 cm³/mol. The summed E-state index contributed by atoms with van der Waals surface area (Å²) in [4.78, 5) is 17.1. The van der Waals surface area contributed by atoms with Crippen LogP contribution in [-0.4, -0.2) is 14.9 Å². The van der Waals surface area contributed by atoms with Gasteiger partial charge in [0.15, 0.2) is 0 Å². The van der Waals surface area contributed by atoms with E-state index in [9.17, 15) is 4.57 Å². The van der Waals surface area contributed by atoms with Gasteiger partial charge in [0.2, 0.25) is 5.50 Å². The van der Waals surface area contributed by atoms with Crippen molar-refractivity contribution in [3.63, 3.8) is 0 Å². The Balaban J connectivity index is 2.97. The molecule has 1 aromatic rings. The first-order valence-electron chi connectivity index (χ1n) is 3.52. The van der Waals surface area contributed by atoms with Crippen LogP contribution in [0.15, 0.2) is 35.8 Å². The largest absolute Gasteiger partial charge is 0.501 e. The predicted octanol–water partition coefficient (Wildman–Crippen LogP) is 1.72. The minimum absolute atomic E-state index is 0.545. The highest BCUT2D eigenvalue weighted by molar-refractivity contribution is 7.56. The van der Waals surface area contributed by atoms with Crippen LogP contribution < -0.4 is 0 Å². The maximum absolute atomic E-state index is 10.5. The lowest BCUT2D eigenvalue weighted by atomic mass is 10.2. The first-order chi connectivity index (χ1) is 6.00. The standard InChI is InChI=1S/C8H9O4P/c9-8(13(10,11)12)6-7-4-2-1-3-5-7/h1-6,9H,(H2,10,11,12)/b8-6+. The van der Waals surface area contributed by atoms with Crippen LogP contribution in [0.5, 0.6) is 0 Å². The second kappa shape index (κ2) is 3.75. The molecule has 0 aliphatic carbocycles. The second-order valence-electron chi connectivity index (χ2n) is 2.46. The summed E-state index contributed by atoms with van der Waals surface area (Å²) in [6.07, 6.45) is 1.04. The van der Waals surface area contributed by atoms with Gasteiger partial charge in [-0.15, -0.1) is 0 Å². The molecule has 0 spiro atoms. The molecule has 3 N–H and O–H groups in total. The number of hydrogen-bond donors (Lipinski definition) is 3. The molecular weight excluding hydrogens is 191 g/mol. The molecule has 0 aliphatic heterocycles. The molecule has 1 aromatic carbocycles. The minimum Gasteiger partial charge on any atom is -0.501 e. The van der Waals surface area contributed by atoms with Crippen molar-refractivity contribution in [1.82, 2.24) is 0 Å². The van der Waals surface area contributed by atoms with Crippen LogP contribution in [-0.2, 0) is 4.57 Å². The summed E-state index contributed by atoms with van der Waals surface area (Å²) in [5, 5.41) is 8.94. The van der Waals surface area contributed by atoms with E-state index in [1.165, 1.54) is 0 Å². The van der Waals surface area contributed by atoms with Gasteiger partial charge < -0.3 is 14.9 Å². The first-order valence-corrected chi connectivity index (χ1v) is 5.13. The van der Waals surface area contributed by atoms with Crippen LogP contribution in [0.3, 0.4) is 0 Å². The number of aliphatic hydroxyl groups is 1. The van der Waals surface area contributed by atoms with Gasteiger partial charge in [0.25, 0.3) is 0 Å². The van der Waals surface area contributed by atoms with Crippen LogP contribution in [0.25, 0.3) is 6.08 Å². The molecule has 0 unspecified atom stereocenters. The van der Waals surface area contributed by atoms with Gasteiger partial charge in [-0.1, -0.05) is 30.3 Å². The molecule has 70 valence electrons. The lowest BCUT2D eigenvalue weighted by Crippen LogP contribution is -1.83. The van der Waals surface area contributed by atoms with Crippen LogP contribution in [0.1, 0.15) is 5.56 Å². The van der Waals surface area contributed by atoms with Gasteiger partial charge >= 0.3 is 7.60 Å². The Bertz CT molecular complexity index is 352. The second-order valence-corrected chi connectivity index (χ2v) is 4.00. The molecule has 0 amide bonds. The monoisotopic (exact) mass is 200 g/mol. The summed E-state index contributed by atoms with van der Waals surface area (Å²) in [5.41, 5.74) is -0.373. The average Bonchev–Trinajstić information content (AvgIpc) is 2.04. The number of benzene rings is 1. The van der Waals surface area contributed by atoms with Crippen LogP contribution >= 0.6 is 7.60 Å². The normalized spacial score (nSPS) is 12.9. The third kappa shape index (κ3) is 3.03. The van der Waals surface area contributed by atoms with Gasteiger partial charge in [0.05, 0.1) is 0 Å². The third-order valence-corrected chi connectivity index (χ3v) is 2.12. The van der Waals surface area contributed by atoms with E-state index in [1.54, 1.807) is 30.3 Å². The Labute approximate surface area is 75.3 Å². The zero-order valence-electron chi connectivity index (χ0n) is 6.66. The third-order valence-electron chi connectivity index (χ3n) is 1.39. The summed E-state index contributed by atoms with van der Waals surface area (Å²) in [7, 11) is -4.51. The highest BCUT2D eigenvalue weighted by Crippen LogP contribution is 2.43. The van der Waals surface area contributed by atoms with E-state index in [2.05, 4.69) is 0 Å². The molecular formula is C8H9O4P. The van der Waals surface area contributed by atoms with Crippen molar-refractivity contribution in [3.05, 3.63) is 41.4 Å². The number of rotatable bonds is 2. The van der Waals surface area contributed by atoms with Gasteiger partial charge in [-0.2, -0.15) is 0 Å². The van der Waals surface area contributed by atoms with Crippen molar-refractivity contribution in [3.8, 4) is 0 Å². The zero-order valence-corrected chi connectivity index (χ0v) is 7.56. The molecule has 0 aliphatic rings. The van der Waals surface area contributed by atoms with Crippen molar-refractivity contribution in [2.75, 3.05) is 0 Å². The lowest BCUT2D eigenvalue weighted by molar-refractivity contribution is 0.339. The molecule has 0 aromatic heterocycles. The molecule has 0 bridgehead atoms. The number of hydrogen-bond acceptors (Lipinski definition) is 2. The fourth-order valence-electron chi connectivity index (χ4n) is 0.782. The smallest absolute Gasteiger partial charge is 0.390 e. The molecule has 4 nitrogen and oxygen atoms in total. The Hall–Kier alpha value is -1.09. The van der Waals surface area contributed by atoms with E-state index in [0.29, 0.717) is 5.56 Å². The number of aliphatic hydroxyl groups excluding tert-OH is 1. The summed E-state index contributed by atoms with van der Waals surface area (Å²) < 4.78 is 10.5. The minimum atomic E-state index is -4.51. The fourth-order valence-corrected chi connectivity index (χ4v) is 1.10. The van der Waals surface area contributed by atoms with Gasteiger partial charge in [-0.05, 0) is 11.6 Å². The molecule has 0 fully saturated rings. The van der Waals surface area contributed by atoms with Crippen LogP contribution in [0, 0.1) is 0 Å². The van der Waals surface area contributed by atoms with Gasteiger partial charge in [-0.3, -0.25) is 4.57 Å². The summed E-state index contributed by atoms with van der Waals surface area (Å²) >= 11 is 0. The van der Waals surface area contributed by atoms with Gasteiger partial charge in [0, 0.05) is 0 Å². The van der Waals surface area contributed by atoms with Crippen LogP contribution in [0.2, 0.25) is 0 Å². The maximum Gasteiger partial charge on any atom is 0.390 e. The molecule has 1 rings (SSSR count). The first kappa shape index (κ1) is 9.99. The highest BCUT2D eigenvalue weighted by atomic mass is 31.2. The van der Waals surface area contributed by atoms with E-state index in [0.717, 1.165) is 6.08 Å². The Morgan fingerprint density at radius 2 is 1.77 bits per heavy atom. The summed E-state index contributed by atoms with van der Waals surface area (Å²) in [6.45, 7) is 0. The van der Waals surface area contributed by atoms with E-state index < -0.39 is 13.1 Å². The van der Waals surface area contributed by atoms with E-state index >= 15 is 0 Å². The van der Waals surface area contributed by atoms with E-state index in [1.807, 2.05) is 0 Å². The molecule has 5 heteroatoms. The van der Waals surface area contributed by atoms with Crippen molar-refractivity contribution < 1.29 is 19.5 Å². The molecule has 0 saturated carbocycles. The van der Waals surface area contributed by atoms with Crippen molar-refractivity contribution in [1.29, 1.82) is 0 Å². The molecule has 13 heavy (non-hydrogen) atoms. The van der Waals surface area contributed by atoms with E-state index in [4.69, 9.17) is 14.9 Å². The van der Waals surface area contributed by atoms with Gasteiger partial charge in [0.1, 0.15) is 0 Å². The van der Waals surface area contributed by atoms with Crippen molar-refractivity contribution in [2.45, 2.75) is 0 Å². The maximum atomic E-state index is 10.5. The SMILES string of the molecule is O=P(O)(O)/C(O)=C/c1ccccc1. The molecule has 0 heterocycles. The van der Waals surface area contributed by atoms with Crippen molar-refractivity contribution >= 4 is 13.7 Å². The van der Waals surface area contributed by atoms with Crippen molar-refractivity contribution in [2.24, 2.45) is 0 Å². The highest BCUT2D eigenvalue weighted by Gasteiger charge is 2.19. The Morgan fingerprint density at radius 1 is 1.23 bits per heavy atom. The fraction of sp³-hybridized carbons (Fsp3) is 0. The van der Waals surface area contributed by atoms with Crippen LogP contribution in [0.4, 0.5) is 0 Å². The van der Waals surface area contributed by atoms with Gasteiger partial charge in [-0.25, -0.2) is 0 Å². The molecule has 0 radical (unpaired) electrons. The quantitative estimate of drug-likeness (QED) is 0.501. The Kier molecular flexibility index (Phi) is 2.88. The molecule has 0 atom stereocenters. The lowest BCUT2D eigenvalue weighted by Gasteiger charge is -2.01. The summed E-state index contributed by atoms with van der Waals surface area (Å²) in [5.74, 6) is 0. The van der Waals surface area contributed by atoms with E-state index in [-0.39, 0.29) is 0 Å². The topological polar surface area (TPSA) is 77.8 Å².